The van der Waals surface area contributed by atoms with Gasteiger partial charge in [-0.25, -0.2) is 0 Å². The molecule has 0 aromatic heterocycles. The van der Waals surface area contributed by atoms with Gasteiger partial charge in [0.05, 0.1) is 5.75 Å². The fraction of sp³-hybridized carbons (Fsp3) is 0.909. The molecule has 3 heteroatoms. The summed E-state index contributed by atoms with van der Waals surface area (Å²) in [4.78, 5) is 13.0. The molecule has 0 atom stereocenters. The van der Waals surface area contributed by atoms with E-state index in [1.807, 2.05) is 11.9 Å². The molecule has 1 rings (SSSR count). The highest BCUT2D eigenvalue weighted by Gasteiger charge is 2.14. The van der Waals surface area contributed by atoms with Crippen LogP contribution in [0.2, 0.25) is 0 Å². The maximum atomic E-state index is 11.2. The summed E-state index contributed by atoms with van der Waals surface area (Å²) in [7, 11) is 1.88. The van der Waals surface area contributed by atoms with Crippen LogP contribution < -0.4 is 0 Å². The van der Waals surface area contributed by atoms with Crippen LogP contribution in [0.5, 0.6) is 0 Å². The van der Waals surface area contributed by atoms with Crippen molar-refractivity contribution in [3.63, 3.8) is 0 Å². The fourth-order valence-electron chi connectivity index (χ4n) is 2.10. The van der Waals surface area contributed by atoms with E-state index in [1.54, 1.807) is 0 Å². The summed E-state index contributed by atoms with van der Waals surface area (Å²) in [5.41, 5.74) is 0. The molecule has 0 radical (unpaired) electrons. The van der Waals surface area contributed by atoms with Gasteiger partial charge < -0.3 is 4.90 Å². The van der Waals surface area contributed by atoms with E-state index in [0.717, 1.165) is 12.5 Å². The minimum absolute atomic E-state index is 0.143. The lowest BCUT2D eigenvalue weighted by molar-refractivity contribution is -0.127. The second-order valence-corrected chi connectivity index (χ2v) is 4.58. The Morgan fingerprint density at radius 2 is 2.00 bits per heavy atom. The predicted molar refractivity (Wildman–Crippen MR) is 62.7 cm³/mol. The number of carbonyl (C=O) groups is 1. The lowest BCUT2D eigenvalue weighted by Crippen LogP contribution is -2.30. The molecule has 0 heterocycles. The molecular weight excluding hydrogens is 194 g/mol. The van der Waals surface area contributed by atoms with E-state index in [9.17, 15) is 4.79 Å². The number of carbonyl (C=O) groups excluding carboxylic acids is 1. The number of rotatable bonds is 4. The molecule has 1 fully saturated rings. The molecule has 1 saturated carbocycles. The van der Waals surface area contributed by atoms with Gasteiger partial charge in [-0.15, -0.1) is 0 Å². The number of nitrogens with zero attached hydrogens (tertiary/aromatic N) is 1. The first-order chi connectivity index (χ1) is 6.74. The van der Waals surface area contributed by atoms with Gasteiger partial charge in [-0.1, -0.05) is 32.1 Å². The van der Waals surface area contributed by atoms with Crippen molar-refractivity contribution in [1.82, 2.24) is 4.90 Å². The second kappa shape index (κ2) is 6.33. The van der Waals surface area contributed by atoms with Crippen LogP contribution in [-0.2, 0) is 4.79 Å². The summed E-state index contributed by atoms with van der Waals surface area (Å²) >= 11 is 3.98. The summed E-state index contributed by atoms with van der Waals surface area (Å²) in [6.07, 6.45) is 8.08. The van der Waals surface area contributed by atoms with E-state index in [4.69, 9.17) is 0 Å². The zero-order valence-corrected chi connectivity index (χ0v) is 9.93. The van der Waals surface area contributed by atoms with Crippen molar-refractivity contribution in [2.45, 2.75) is 38.5 Å². The second-order valence-electron chi connectivity index (χ2n) is 4.27. The summed E-state index contributed by atoms with van der Waals surface area (Å²) in [6.45, 7) is 0.907. The van der Waals surface area contributed by atoms with E-state index in [2.05, 4.69) is 12.6 Å². The largest absolute Gasteiger partial charge is 0.345 e. The maximum absolute atomic E-state index is 11.2. The molecule has 0 bridgehead atoms. The summed E-state index contributed by atoms with van der Waals surface area (Å²) < 4.78 is 0. The lowest BCUT2D eigenvalue weighted by Gasteiger charge is -2.24. The van der Waals surface area contributed by atoms with Gasteiger partial charge in [0.2, 0.25) is 5.91 Å². The van der Waals surface area contributed by atoms with Crippen LogP contribution in [0.15, 0.2) is 0 Å². The minimum Gasteiger partial charge on any atom is -0.345 e. The van der Waals surface area contributed by atoms with Crippen molar-refractivity contribution in [3.8, 4) is 0 Å². The predicted octanol–water partition coefficient (Wildman–Crippen LogP) is 2.35. The SMILES string of the molecule is CN(CCC1CCCCC1)C(=O)CS. The number of hydrogen-bond donors (Lipinski definition) is 1. The third-order valence-electron chi connectivity index (χ3n) is 3.16. The van der Waals surface area contributed by atoms with E-state index in [1.165, 1.54) is 38.5 Å². The monoisotopic (exact) mass is 215 g/mol. The number of thiol groups is 1. The highest BCUT2D eigenvalue weighted by Crippen LogP contribution is 2.26. The van der Waals surface area contributed by atoms with E-state index < -0.39 is 0 Å². The molecule has 1 aliphatic carbocycles. The zero-order valence-electron chi connectivity index (χ0n) is 9.04. The normalized spacial score (nSPS) is 18.1. The van der Waals surface area contributed by atoms with Gasteiger partial charge in [-0.2, -0.15) is 12.6 Å². The molecule has 1 amide bonds. The summed E-state index contributed by atoms with van der Waals surface area (Å²) in [5.74, 6) is 1.34. The van der Waals surface area contributed by atoms with Crippen LogP contribution in [0, 0.1) is 5.92 Å². The van der Waals surface area contributed by atoms with Gasteiger partial charge in [0.25, 0.3) is 0 Å². The van der Waals surface area contributed by atoms with Crippen molar-refractivity contribution < 1.29 is 4.79 Å². The fourth-order valence-corrected chi connectivity index (χ4v) is 2.34. The summed E-state index contributed by atoms with van der Waals surface area (Å²) in [5, 5.41) is 0. The Hall–Kier alpha value is -0.180. The smallest absolute Gasteiger partial charge is 0.232 e. The quantitative estimate of drug-likeness (QED) is 0.714. The van der Waals surface area contributed by atoms with Crippen LogP contribution >= 0.6 is 12.6 Å². The minimum atomic E-state index is 0.143. The Bertz CT molecular complexity index is 178. The van der Waals surface area contributed by atoms with Gasteiger partial charge >= 0.3 is 0 Å². The van der Waals surface area contributed by atoms with E-state index in [-0.39, 0.29) is 5.91 Å². The Kier molecular flexibility index (Phi) is 5.38. The van der Waals surface area contributed by atoms with E-state index in [0.29, 0.717) is 5.75 Å². The first kappa shape index (κ1) is 11.9. The maximum Gasteiger partial charge on any atom is 0.232 e. The van der Waals surface area contributed by atoms with Gasteiger partial charge in [0.1, 0.15) is 0 Å². The van der Waals surface area contributed by atoms with Crippen molar-refractivity contribution in [2.75, 3.05) is 19.3 Å². The molecule has 0 unspecified atom stereocenters. The molecule has 2 nitrogen and oxygen atoms in total. The Morgan fingerprint density at radius 1 is 1.36 bits per heavy atom. The highest BCUT2D eigenvalue weighted by atomic mass is 32.1. The van der Waals surface area contributed by atoms with Crippen molar-refractivity contribution in [1.29, 1.82) is 0 Å². The third kappa shape index (κ3) is 3.91. The molecule has 0 aromatic rings. The van der Waals surface area contributed by atoms with Gasteiger partial charge in [-0.05, 0) is 12.3 Å². The van der Waals surface area contributed by atoms with Crippen LogP contribution in [0.4, 0.5) is 0 Å². The zero-order chi connectivity index (χ0) is 10.4. The van der Waals surface area contributed by atoms with Crippen LogP contribution in [0.3, 0.4) is 0 Å². The highest BCUT2D eigenvalue weighted by molar-refractivity contribution is 7.81. The Labute approximate surface area is 92.5 Å². The topological polar surface area (TPSA) is 20.3 Å². The lowest BCUT2D eigenvalue weighted by atomic mass is 9.87. The average Bonchev–Trinajstić information content (AvgIpc) is 2.26. The van der Waals surface area contributed by atoms with Gasteiger partial charge in [0, 0.05) is 13.6 Å². The molecular formula is C11H21NOS. The first-order valence-corrected chi connectivity index (χ1v) is 6.22. The molecule has 14 heavy (non-hydrogen) atoms. The first-order valence-electron chi connectivity index (χ1n) is 5.59. The standard InChI is InChI=1S/C11H21NOS/c1-12(11(13)9-14)8-7-10-5-3-2-4-6-10/h10,14H,2-9H2,1H3. The van der Waals surface area contributed by atoms with Crippen LogP contribution in [0.25, 0.3) is 0 Å². The number of hydrogen-bond acceptors (Lipinski definition) is 2. The molecule has 0 spiro atoms. The Morgan fingerprint density at radius 3 is 2.57 bits per heavy atom. The number of amides is 1. The van der Waals surface area contributed by atoms with Gasteiger partial charge in [-0.3, -0.25) is 4.79 Å². The average molecular weight is 215 g/mol. The van der Waals surface area contributed by atoms with E-state index >= 15 is 0 Å². The van der Waals surface area contributed by atoms with Crippen LogP contribution in [0.1, 0.15) is 38.5 Å². The van der Waals surface area contributed by atoms with Crippen molar-refractivity contribution in [3.05, 3.63) is 0 Å². The summed E-state index contributed by atoms with van der Waals surface area (Å²) in [6, 6.07) is 0. The molecule has 0 aliphatic heterocycles. The molecule has 0 N–H and O–H groups in total. The molecule has 82 valence electrons. The van der Waals surface area contributed by atoms with Crippen LogP contribution in [-0.4, -0.2) is 30.2 Å². The third-order valence-corrected chi connectivity index (χ3v) is 3.43. The Balaban J connectivity index is 2.15. The van der Waals surface area contributed by atoms with Crippen molar-refractivity contribution >= 4 is 18.5 Å². The van der Waals surface area contributed by atoms with Crippen molar-refractivity contribution in [2.24, 2.45) is 5.92 Å². The van der Waals surface area contributed by atoms with Gasteiger partial charge in [0.15, 0.2) is 0 Å². The molecule has 0 aromatic carbocycles. The molecule has 0 saturated heterocycles. The molecule has 1 aliphatic rings.